The predicted molar refractivity (Wildman–Crippen MR) is 64.9 cm³/mol. The SMILES string of the molecule is CCC(CC(=O)O)Nc1ccc(C(N)=O)cc1. The molecule has 0 fully saturated rings. The highest BCUT2D eigenvalue weighted by Crippen LogP contribution is 2.13. The molecular weight excluding hydrogens is 220 g/mol. The lowest BCUT2D eigenvalue weighted by molar-refractivity contribution is -0.137. The van der Waals surface area contributed by atoms with Gasteiger partial charge in [-0.2, -0.15) is 0 Å². The van der Waals surface area contributed by atoms with Gasteiger partial charge in [-0.25, -0.2) is 0 Å². The highest BCUT2D eigenvalue weighted by molar-refractivity contribution is 5.93. The molecule has 0 heterocycles. The zero-order chi connectivity index (χ0) is 12.8. The molecule has 0 aliphatic rings. The Hall–Kier alpha value is -2.04. The normalized spacial score (nSPS) is 11.8. The van der Waals surface area contributed by atoms with E-state index in [4.69, 9.17) is 10.8 Å². The first-order chi connectivity index (χ1) is 8.02. The predicted octanol–water partition coefficient (Wildman–Crippen LogP) is 1.45. The average Bonchev–Trinajstić information content (AvgIpc) is 2.28. The molecule has 0 aliphatic carbocycles. The Bertz CT molecular complexity index is 401. The number of hydrogen-bond donors (Lipinski definition) is 3. The molecule has 1 aromatic rings. The lowest BCUT2D eigenvalue weighted by atomic mass is 10.1. The van der Waals surface area contributed by atoms with Crippen LogP contribution >= 0.6 is 0 Å². The number of nitrogens with one attached hydrogen (secondary N) is 1. The van der Waals surface area contributed by atoms with Gasteiger partial charge in [0.05, 0.1) is 6.42 Å². The number of primary amides is 1. The Labute approximate surface area is 99.6 Å². The van der Waals surface area contributed by atoms with E-state index < -0.39 is 11.9 Å². The lowest BCUT2D eigenvalue weighted by Gasteiger charge is -2.16. The van der Waals surface area contributed by atoms with Gasteiger partial charge in [0, 0.05) is 17.3 Å². The van der Waals surface area contributed by atoms with Gasteiger partial charge in [0.25, 0.3) is 0 Å². The minimum Gasteiger partial charge on any atom is -0.481 e. The van der Waals surface area contributed by atoms with E-state index in [-0.39, 0.29) is 12.5 Å². The van der Waals surface area contributed by atoms with Crippen molar-refractivity contribution in [2.45, 2.75) is 25.8 Å². The highest BCUT2D eigenvalue weighted by Gasteiger charge is 2.10. The number of benzene rings is 1. The van der Waals surface area contributed by atoms with Crippen LogP contribution in [0.2, 0.25) is 0 Å². The minimum atomic E-state index is -0.835. The second kappa shape index (κ2) is 5.89. The zero-order valence-electron chi connectivity index (χ0n) is 9.64. The van der Waals surface area contributed by atoms with Crippen LogP contribution in [-0.4, -0.2) is 23.0 Å². The fourth-order valence-corrected chi connectivity index (χ4v) is 1.47. The molecule has 0 radical (unpaired) electrons. The number of carbonyl (C=O) groups excluding carboxylic acids is 1. The second-order valence-corrected chi connectivity index (χ2v) is 3.79. The first kappa shape index (κ1) is 13.0. The molecule has 0 bridgehead atoms. The number of rotatable bonds is 6. The van der Waals surface area contributed by atoms with E-state index in [0.29, 0.717) is 12.0 Å². The van der Waals surface area contributed by atoms with Gasteiger partial charge in [-0.3, -0.25) is 9.59 Å². The molecule has 0 aliphatic heterocycles. The van der Waals surface area contributed by atoms with Crippen LogP contribution in [0, 0.1) is 0 Å². The van der Waals surface area contributed by atoms with Gasteiger partial charge in [-0.15, -0.1) is 0 Å². The monoisotopic (exact) mass is 236 g/mol. The smallest absolute Gasteiger partial charge is 0.305 e. The van der Waals surface area contributed by atoms with Gasteiger partial charge in [0.15, 0.2) is 0 Å². The largest absolute Gasteiger partial charge is 0.481 e. The minimum absolute atomic E-state index is 0.0636. The van der Waals surface area contributed by atoms with Gasteiger partial charge in [-0.05, 0) is 30.7 Å². The summed E-state index contributed by atoms with van der Waals surface area (Å²) in [5.41, 5.74) is 6.33. The molecule has 4 N–H and O–H groups in total. The number of hydrogen-bond acceptors (Lipinski definition) is 3. The summed E-state index contributed by atoms with van der Waals surface area (Å²) in [7, 11) is 0. The van der Waals surface area contributed by atoms with Gasteiger partial charge in [-0.1, -0.05) is 6.92 Å². The molecule has 0 saturated carbocycles. The summed E-state index contributed by atoms with van der Waals surface area (Å²) < 4.78 is 0. The first-order valence-corrected chi connectivity index (χ1v) is 5.41. The van der Waals surface area contributed by atoms with Crippen molar-refractivity contribution >= 4 is 17.6 Å². The maximum absolute atomic E-state index is 10.9. The van der Waals surface area contributed by atoms with Crippen molar-refractivity contribution in [1.82, 2.24) is 0 Å². The fourth-order valence-electron chi connectivity index (χ4n) is 1.47. The number of aliphatic carboxylic acids is 1. The zero-order valence-corrected chi connectivity index (χ0v) is 9.64. The summed E-state index contributed by atoms with van der Waals surface area (Å²) in [6.07, 6.45) is 0.776. The lowest BCUT2D eigenvalue weighted by Crippen LogP contribution is -2.22. The van der Waals surface area contributed by atoms with Gasteiger partial charge < -0.3 is 16.2 Å². The van der Waals surface area contributed by atoms with E-state index in [9.17, 15) is 9.59 Å². The number of anilines is 1. The van der Waals surface area contributed by atoms with Crippen molar-refractivity contribution in [2.24, 2.45) is 5.73 Å². The van der Waals surface area contributed by atoms with E-state index in [0.717, 1.165) is 5.69 Å². The molecule has 1 amide bonds. The van der Waals surface area contributed by atoms with Crippen LogP contribution in [0.3, 0.4) is 0 Å². The molecule has 1 aromatic carbocycles. The summed E-state index contributed by atoms with van der Waals surface area (Å²) in [6, 6.07) is 6.53. The molecule has 1 unspecified atom stereocenters. The van der Waals surface area contributed by atoms with Gasteiger partial charge >= 0.3 is 5.97 Å². The topological polar surface area (TPSA) is 92.4 Å². The number of carboxylic acid groups (broad SMARTS) is 1. The third-order valence-electron chi connectivity index (χ3n) is 2.45. The highest BCUT2D eigenvalue weighted by atomic mass is 16.4. The Kier molecular flexibility index (Phi) is 4.51. The molecule has 92 valence electrons. The van der Waals surface area contributed by atoms with Crippen molar-refractivity contribution in [1.29, 1.82) is 0 Å². The third-order valence-corrected chi connectivity index (χ3v) is 2.45. The number of carbonyl (C=O) groups is 2. The molecular formula is C12H16N2O3. The van der Waals surface area contributed by atoms with Crippen LogP contribution in [0.1, 0.15) is 30.1 Å². The standard InChI is InChI=1S/C12H16N2O3/c1-2-9(7-11(15)16)14-10-5-3-8(4-6-10)12(13)17/h3-6,9,14H,2,7H2,1H3,(H2,13,17)(H,15,16). The van der Waals surface area contributed by atoms with Crippen LogP contribution in [-0.2, 0) is 4.79 Å². The molecule has 1 rings (SSSR count). The van der Waals surface area contributed by atoms with E-state index in [1.807, 2.05) is 6.92 Å². The summed E-state index contributed by atoms with van der Waals surface area (Å²) in [5, 5.41) is 11.8. The maximum atomic E-state index is 10.9. The van der Waals surface area contributed by atoms with Crippen molar-refractivity contribution in [3.8, 4) is 0 Å². The third kappa shape index (κ3) is 4.14. The Morgan fingerprint density at radius 3 is 2.35 bits per heavy atom. The van der Waals surface area contributed by atoms with Crippen molar-refractivity contribution in [3.05, 3.63) is 29.8 Å². The summed E-state index contributed by atoms with van der Waals surface area (Å²) in [4.78, 5) is 21.5. The van der Waals surface area contributed by atoms with Crippen molar-refractivity contribution < 1.29 is 14.7 Å². The second-order valence-electron chi connectivity index (χ2n) is 3.79. The van der Waals surface area contributed by atoms with Crippen LogP contribution in [0.15, 0.2) is 24.3 Å². The van der Waals surface area contributed by atoms with Gasteiger partial charge in [0.1, 0.15) is 0 Å². The van der Waals surface area contributed by atoms with Gasteiger partial charge in [0.2, 0.25) is 5.91 Å². The molecule has 5 heteroatoms. The van der Waals surface area contributed by atoms with E-state index in [1.165, 1.54) is 0 Å². The summed E-state index contributed by atoms with van der Waals surface area (Å²) >= 11 is 0. The Morgan fingerprint density at radius 2 is 1.94 bits per heavy atom. The van der Waals surface area contributed by atoms with Crippen LogP contribution in [0.25, 0.3) is 0 Å². The van der Waals surface area contributed by atoms with Crippen LogP contribution in [0.5, 0.6) is 0 Å². The Morgan fingerprint density at radius 1 is 1.35 bits per heavy atom. The molecule has 0 aromatic heterocycles. The number of amides is 1. The molecule has 5 nitrogen and oxygen atoms in total. The molecule has 17 heavy (non-hydrogen) atoms. The first-order valence-electron chi connectivity index (χ1n) is 5.41. The number of nitrogens with two attached hydrogens (primary N) is 1. The number of carboxylic acids is 1. The van der Waals surface area contributed by atoms with E-state index in [1.54, 1.807) is 24.3 Å². The van der Waals surface area contributed by atoms with Crippen molar-refractivity contribution in [2.75, 3.05) is 5.32 Å². The summed E-state index contributed by atoms with van der Waals surface area (Å²) in [5.74, 6) is -1.31. The molecule has 0 spiro atoms. The molecule has 1 atom stereocenters. The van der Waals surface area contributed by atoms with Crippen LogP contribution < -0.4 is 11.1 Å². The van der Waals surface area contributed by atoms with E-state index >= 15 is 0 Å². The summed E-state index contributed by atoms with van der Waals surface area (Å²) in [6.45, 7) is 1.92. The average molecular weight is 236 g/mol. The van der Waals surface area contributed by atoms with Crippen molar-refractivity contribution in [3.63, 3.8) is 0 Å². The Balaban J connectivity index is 2.67. The fraction of sp³-hybridized carbons (Fsp3) is 0.333. The maximum Gasteiger partial charge on any atom is 0.305 e. The quantitative estimate of drug-likeness (QED) is 0.697. The van der Waals surface area contributed by atoms with Crippen LogP contribution in [0.4, 0.5) is 5.69 Å². The molecule has 0 saturated heterocycles. The van der Waals surface area contributed by atoms with E-state index in [2.05, 4.69) is 5.32 Å².